The number of hydrogen-bond donors (Lipinski definition) is 0. The number of likely N-dealkylation sites (tertiary alicyclic amines) is 1. The highest BCUT2D eigenvalue weighted by molar-refractivity contribution is 7.90. The van der Waals surface area contributed by atoms with E-state index in [0.29, 0.717) is 5.65 Å². The van der Waals surface area contributed by atoms with Gasteiger partial charge in [0.05, 0.1) is 34.9 Å². The Labute approximate surface area is 216 Å². The maximum atomic E-state index is 13.5. The van der Waals surface area contributed by atoms with Crippen molar-refractivity contribution >= 4 is 26.7 Å². The van der Waals surface area contributed by atoms with Crippen LogP contribution >= 0.6 is 0 Å². The molecule has 9 heteroatoms. The number of fused-ring (bicyclic) bond motifs is 3. The summed E-state index contributed by atoms with van der Waals surface area (Å²) in [5.74, 6) is 1.99. The lowest BCUT2D eigenvalue weighted by atomic mass is 9.96. The van der Waals surface area contributed by atoms with E-state index in [9.17, 15) is 8.42 Å². The normalized spacial score (nSPS) is 15.5. The number of ether oxygens (including phenoxy) is 1. The molecule has 0 unspecified atom stereocenters. The van der Waals surface area contributed by atoms with Crippen molar-refractivity contribution < 1.29 is 13.2 Å². The van der Waals surface area contributed by atoms with Gasteiger partial charge in [-0.3, -0.25) is 4.40 Å². The Balaban J connectivity index is 1.56. The Morgan fingerprint density at radius 1 is 0.946 bits per heavy atom. The standard InChI is InChI=1S/C28H29N5O3S/c1-19-4-10-23(11-5-19)37(34,35)32-17-14-24-28(32)29-18-25-26(20-6-8-22(36-3)9-7-20)30-27(33(24)25)21-12-15-31(2)16-13-21/h4-11,14,17-18,21H,12-13,15-16H2,1-3H3. The first-order valence-corrected chi connectivity index (χ1v) is 13.8. The molecule has 1 fully saturated rings. The number of piperidine rings is 1. The van der Waals surface area contributed by atoms with Crippen LogP contribution in [0.5, 0.6) is 5.75 Å². The average molecular weight is 516 g/mol. The summed E-state index contributed by atoms with van der Waals surface area (Å²) in [6, 6.07) is 16.6. The monoisotopic (exact) mass is 515 g/mol. The lowest BCUT2D eigenvalue weighted by Crippen LogP contribution is -2.30. The molecule has 0 amide bonds. The van der Waals surface area contributed by atoms with E-state index < -0.39 is 10.0 Å². The molecule has 0 bridgehead atoms. The Kier molecular flexibility index (Phi) is 5.77. The van der Waals surface area contributed by atoms with Crippen LogP contribution in [0.25, 0.3) is 27.9 Å². The molecule has 1 aliphatic rings. The fourth-order valence-corrected chi connectivity index (χ4v) is 6.46. The molecule has 1 saturated heterocycles. The van der Waals surface area contributed by atoms with Gasteiger partial charge >= 0.3 is 0 Å². The Morgan fingerprint density at radius 3 is 2.32 bits per heavy atom. The van der Waals surface area contributed by atoms with Crippen LogP contribution in [0.2, 0.25) is 0 Å². The Morgan fingerprint density at radius 2 is 1.65 bits per heavy atom. The molecule has 8 nitrogen and oxygen atoms in total. The van der Waals surface area contributed by atoms with E-state index in [4.69, 9.17) is 9.72 Å². The van der Waals surface area contributed by atoms with Crippen molar-refractivity contribution in [2.45, 2.75) is 30.6 Å². The number of benzene rings is 2. The van der Waals surface area contributed by atoms with Crippen LogP contribution in [0.15, 0.2) is 71.9 Å². The van der Waals surface area contributed by atoms with Gasteiger partial charge in [0.25, 0.3) is 10.0 Å². The molecule has 0 radical (unpaired) electrons. The molecular weight excluding hydrogens is 486 g/mol. The topological polar surface area (TPSA) is 81.7 Å². The largest absolute Gasteiger partial charge is 0.497 e. The van der Waals surface area contributed by atoms with E-state index in [1.807, 2.05) is 37.3 Å². The molecule has 0 saturated carbocycles. The minimum Gasteiger partial charge on any atom is -0.497 e. The summed E-state index contributed by atoms with van der Waals surface area (Å²) >= 11 is 0. The van der Waals surface area contributed by atoms with Gasteiger partial charge in [-0.15, -0.1) is 0 Å². The average Bonchev–Trinajstić information content (AvgIpc) is 3.52. The van der Waals surface area contributed by atoms with Crippen molar-refractivity contribution in [1.82, 2.24) is 23.2 Å². The van der Waals surface area contributed by atoms with Crippen LogP contribution in [0.4, 0.5) is 0 Å². The second kappa shape index (κ2) is 9.00. The van der Waals surface area contributed by atoms with Gasteiger partial charge in [0.1, 0.15) is 11.6 Å². The summed E-state index contributed by atoms with van der Waals surface area (Å²) in [5, 5.41) is 0. The predicted octanol–water partition coefficient (Wildman–Crippen LogP) is 4.71. The molecule has 1 aliphatic heterocycles. The highest BCUT2D eigenvalue weighted by Gasteiger charge is 2.27. The fourth-order valence-electron chi connectivity index (χ4n) is 5.16. The number of rotatable bonds is 5. The van der Waals surface area contributed by atoms with E-state index in [0.717, 1.165) is 65.4 Å². The van der Waals surface area contributed by atoms with Crippen molar-refractivity contribution in [2.24, 2.45) is 0 Å². The van der Waals surface area contributed by atoms with Crippen LogP contribution in [-0.4, -0.2) is 58.9 Å². The molecule has 3 aromatic heterocycles. The third kappa shape index (κ3) is 3.98. The van der Waals surface area contributed by atoms with Crippen molar-refractivity contribution in [1.29, 1.82) is 0 Å². The molecule has 4 heterocycles. The zero-order chi connectivity index (χ0) is 25.7. The van der Waals surface area contributed by atoms with Gasteiger partial charge in [-0.25, -0.2) is 22.4 Å². The van der Waals surface area contributed by atoms with Crippen molar-refractivity contribution in [3.63, 3.8) is 0 Å². The minimum atomic E-state index is -3.81. The highest BCUT2D eigenvalue weighted by Crippen LogP contribution is 2.35. The van der Waals surface area contributed by atoms with Gasteiger partial charge in [0, 0.05) is 17.7 Å². The lowest BCUT2D eigenvalue weighted by molar-refractivity contribution is 0.251. The van der Waals surface area contributed by atoms with Gasteiger partial charge in [0.2, 0.25) is 0 Å². The molecule has 0 aliphatic carbocycles. The number of hydrogen-bond acceptors (Lipinski definition) is 6. The van der Waals surface area contributed by atoms with E-state index in [1.165, 1.54) is 3.97 Å². The van der Waals surface area contributed by atoms with E-state index >= 15 is 0 Å². The molecule has 190 valence electrons. The van der Waals surface area contributed by atoms with Crippen LogP contribution in [0, 0.1) is 6.92 Å². The van der Waals surface area contributed by atoms with Gasteiger partial charge in [-0.2, -0.15) is 0 Å². The summed E-state index contributed by atoms with van der Waals surface area (Å²) in [5.41, 5.74) is 4.78. The summed E-state index contributed by atoms with van der Waals surface area (Å²) in [4.78, 5) is 12.4. The first kappa shape index (κ1) is 23.7. The van der Waals surface area contributed by atoms with Crippen LogP contribution < -0.4 is 4.74 Å². The van der Waals surface area contributed by atoms with E-state index in [2.05, 4.69) is 21.3 Å². The van der Waals surface area contributed by atoms with Crippen LogP contribution in [-0.2, 0) is 10.0 Å². The third-order valence-corrected chi connectivity index (χ3v) is 9.00. The number of aromatic nitrogens is 4. The van der Waals surface area contributed by atoms with E-state index in [1.54, 1.807) is 43.8 Å². The number of nitrogens with zero attached hydrogens (tertiary/aromatic N) is 5. The molecule has 6 rings (SSSR count). The van der Waals surface area contributed by atoms with Gasteiger partial charge < -0.3 is 9.64 Å². The molecule has 37 heavy (non-hydrogen) atoms. The quantitative estimate of drug-likeness (QED) is 0.337. The third-order valence-electron chi connectivity index (χ3n) is 7.32. The smallest absolute Gasteiger partial charge is 0.269 e. The number of methoxy groups -OCH3 is 1. The Hall–Kier alpha value is -3.69. The second-order valence-corrected chi connectivity index (χ2v) is 11.6. The molecule has 2 aromatic carbocycles. The molecule has 5 aromatic rings. The summed E-state index contributed by atoms with van der Waals surface area (Å²) in [6.07, 6.45) is 5.32. The fraction of sp³-hybridized carbons (Fsp3) is 0.286. The maximum absolute atomic E-state index is 13.5. The van der Waals surface area contributed by atoms with Gasteiger partial charge in [-0.1, -0.05) is 17.7 Å². The molecule has 0 atom stereocenters. The summed E-state index contributed by atoms with van der Waals surface area (Å²) < 4.78 is 35.8. The molecule has 0 N–H and O–H groups in total. The summed E-state index contributed by atoms with van der Waals surface area (Å²) in [6.45, 7) is 3.92. The summed E-state index contributed by atoms with van der Waals surface area (Å²) in [7, 11) is -0.0181. The van der Waals surface area contributed by atoms with Crippen molar-refractivity contribution in [2.75, 3.05) is 27.2 Å². The van der Waals surface area contributed by atoms with Crippen molar-refractivity contribution in [3.05, 3.63) is 78.4 Å². The predicted molar refractivity (Wildman–Crippen MR) is 144 cm³/mol. The SMILES string of the molecule is COc1ccc(-c2nc(C3CCN(C)CC3)n3c2cnc2c3ccn2S(=O)(=O)c2ccc(C)cc2)cc1. The van der Waals surface area contributed by atoms with Crippen molar-refractivity contribution in [3.8, 4) is 17.0 Å². The van der Waals surface area contributed by atoms with Crippen LogP contribution in [0.1, 0.15) is 30.1 Å². The first-order valence-electron chi connectivity index (χ1n) is 12.4. The number of imidazole rings is 1. The van der Waals surface area contributed by atoms with Crippen LogP contribution in [0.3, 0.4) is 0 Å². The molecule has 0 spiro atoms. The van der Waals surface area contributed by atoms with Gasteiger partial charge in [-0.05, 0) is 82.4 Å². The zero-order valence-electron chi connectivity index (χ0n) is 21.1. The number of aryl methyl sites for hydroxylation is 1. The first-order chi connectivity index (χ1) is 17.9. The maximum Gasteiger partial charge on any atom is 0.269 e. The lowest BCUT2D eigenvalue weighted by Gasteiger charge is -2.28. The second-order valence-electron chi connectivity index (χ2n) is 9.74. The van der Waals surface area contributed by atoms with Gasteiger partial charge in [0.15, 0.2) is 5.65 Å². The minimum absolute atomic E-state index is 0.234. The van der Waals surface area contributed by atoms with E-state index in [-0.39, 0.29) is 10.8 Å². The molecular formula is C28H29N5O3S. The Bertz CT molecular complexity index is 1700. The zero-order valence-corrected chi connectivity index (χ0v) is 21.9. The highest BCUT2D eigenvalue weighted by atomic mass is 32.2.